The lowest BCUT2D eigenvalue weighted by molar-refractivity contribution is -0.137. The lowest BCUT2D eigenvalue weighted by Crippen LogP contribution is -2.35. The summed E-state index contributed by atoms with van der Waals surface area (Å²) in [5.41, 5.74) is 3.44. The third-order valence-corrected chi connectivity index (χ3v) is 5.88. The van der Waals surface area contributed by atoms with Crippen LogP contribution in [-0.2, 0) is 31.0 Å². The van der Waals surface area contributed by atoms with Gasteiger partial charge in [0.1, 0.15) is 0 Å². The maximum absolute atomic E-state index is 12.7. The minimum atomic E-state index is -4.31. The maximum Gasteiger partial charge on any atom is 0.416 e. The molecule has 0 aliphatic carbocycles. The van der Waals surface area contributed by atoms with E-state index < -0.39 is 11.7 Å². The molecule has 8 heteroatoms. The molecule has 0 bridgehead atoms. The fourth-order valence-corrected chi connectivity index (χ4v) is 4.01. The number of carbonyl (C=O) groups is 1. The van der Waals surface area contributed by atoms with Gasteiger partial charge < -0.3 is 4.90 Å². The molecule has 5 nitrogen and oxygen atoms in total. The second-order valence-electron chi connectivity index (χ2n) is 7.98. The lowest BCUT2D eigenvalue weighted by Gasteiger charge is -2.22. The van der Waals surface area contributed by atoms with E-state index in [0.717, 1.165) is 54.2 Å². The Morgan fingerprint density at radius 1 is 1.07 bits per heavy atom. The molecule has 1 aliphatic heterocycles. The van der Waals surface area contributed by atoms with Gasteiger partial charge in [0.15, 0.2) is 0 Å². The van der Waals surface area contributed by atoms with Crippen LogP contribution in [0.3, 0.4) is 0 Å². The summed E-state index contributed by atoms with van der Waals surface area (Å²) < 4.78 is 40.0. The van der Waals surface area contributed by atoms with Gasteiger partial charge in [0, 0.05) is 51.9 Å². The number of aromatic nitrogens is 2. The maximum atomic E-state index is 12.7. The summed E-state index contributed by atoms with van der Waals surface area (Å²) in [6, 6.07) is 5.33. The first-order valence-electron chi connectivity index (χ1n) is 10.3. The van der Waals surface area contributed by atoms with Gasteiger partial charge in [-0.25, -0.2) is 0 Å². The summed E-state index contributed by atoms with van der Waals surface area (Å²) in [4.78, 5) is 16.8. The van der Waals surface area contributed by atoms with E-state index in [0.29, 0.717) is 32.5 Å². The van der Waals surface area contributed by atoms with E-state index in [1.165, 1.54) is 12.1 Å². The highest BCUT2D eigenvalue weighted by Crippen LogP contribution is 2.29. The van der Waals surface area contributed by atoms with Crippen molar-refractivity contribution < 1.29 is 18.0 Å². The Bertz CT molecular complexity index is 874. The quantitative estimate of drug-likeness (QED) is 0.738. The molecule has 1 aromatic heterocycles. The normalized spacial score (nSPS) is 16.0. The number of alkyl halides is 3. The number of aryl methyl sites for hydroxylation is 2. The molecule has 1 fully saturated rings. The zero-order valence-corrected chi connectivity index (χ0v) is 17.8. The number of nitrogens with zero attached hydrogens (tertiary/aromatic N) is 4. The Balaban J connectivity index is 1.51. The predicted octanol–water partition coefficient (Wildman–Crippen LogP) is 3.72. The van der Waals surface area contributed by atoms with Crippen molar-refractivity contribution in [1.82, 2.24) is 19.6 Å². The van der Waals surface area contributed by atoms with Gasteiger partial charge in [0.25, 0.3) is 0 Å². The Labute approximate surface area is 175 Å². The van der Waals surface area contributed by atoms with E-state index in [9.17, 15) is 18.0 Å². The summed E-state index contributed by atoms with van der Waals surface area (Å²) in [6.45, 7) is 7.48. The first-order valence-corrected chi connectivity index (χ1v) is 10.3. The molecule has 30 heavy (non-hydrogen) atoms. The SMILES string of the molecule is Cc1nn(C)c(C)c1CCC(=O)N1CCCN(Cc2ccc(C(F)(F)F)cc2)CC1. The lowest BCUT2D eigenvalue weighted by atomic mass is 10.1. The second-order valence-corrected chi connectivity index (χ2v) is 7.98. The van der Waals surface area contributed by atoms with Gasteiger partial charge in [-0.3, -0.25) is 14.4 Å². The van der Waals surface area contributed by atoms with E-state index in [4.69, 9.17) is 0 Å². The highest BCUT2D eigenvalue weighted by Gasteiger charge is 2.30. The highest BCUT2D eigenvalue weighted by molar-refractivity contribution is 5.76. The van der Waals surface area contributed by atoms with Crippen LogP contribution in [0.5, 0.6) is 0 Å². The molecule has 1 aromatic carbocycles. The standard InChI is InChI=1S/C22H29F3N4O/c1-16-20(17(2)27(3)26-16)9-10-21(30)29-12-4-11-28(13-14-29)15-18-5-7-19(8-6-18)22(23,24)25/h5-8H,4,9-15H2,1-3H3. The minimum Gasteiger partial charge on any atom is -0.341 e. The molecule has 0 saturated carbocycles. The summed E-state index contributed by atoms with van der Waals surface area (Å²) >= 11 is 0. The van der Waals surface area contributed by atoms with Gasteiger partial charge in [-0.1, -0.05) is 12.1 Å². The molecular formula is C22H29F3N4O. The summed E-state index contributed by atoms with van der Waals surface area (Å²) in [5.74, 6) is 0.147. The van der Waals surface area contributed by atoms with Crippen molar-refractivity contribution in [3.8, 4) is 0 Å². The topological polar surface area (TPSA) is 41.4 Å². The zero-order valence-electron chi connectivity index (χ0n) is 17.8. The predicted molar refractivity (Wildman–Crippen MR) is 109 cm³/mol. The second kappa shape index (κ2) is 9.20. The fraction of sp³-hybridized carbons (Fsp3) is 0.545. The number of rotatable bonds is 5. The molecular weight excluding hydrogens is 393 g/mol. The van der Waals surface area contributed by atoms with Crippen molar-refractivity contribution in [3.05, 3.63) is 52.3 Å². The van der Waals surface area contributed by atoms with E-state index >= 15 is 0 Å². The van der Waals surface area contributed by atoms with Crippen molar-refractivity contribution in [1.29, 1.82) is 0 Å². The van der Waals surface area contributed by atoms with E-state index in [-0.39, 0.29) is 5.91 Å². The zero-order chi connectivity index (χ0) is 21.9. The Morgan fingerprint density at radius 2 is 1.77 bits per heavy atom. The molecule has 0 N–H and O–H groups in total. The van der Waals surface area contributed by atoms with Crippen LogP contribution in [0.1, 0.15) is 40.9 Å². The van der Waals surface area contributed by atoms with Crippen LogP contribution in [-0.4, -0.2) is 51.7 Å². The number of hydrogen-bond acceptors (Lipinski definition) is 3. The molecule has 1 saturated heterocycles. The van der Waals surface area contributed by atoms with Crippen LogP contribution < -0.4 is 0 Å². The van der Waals surface area contributed by atoms with Gasteiger partial charge >= 0.3 is 6.18 Å². The molecule has 3 rings (SSSR count). The molecule has 1 aliphatic rings. The van der Waals surface area contributed by atoms with Crippen molar-refractivity contribution in [2.75, 3.05) is 26.2 Å². The molecule has 0 radical (unpaired) electrons. The van der Waals surface area contributed by atoms with E-state index in [1.807, 2.05) is 30.5 Å². The summed E-state index contributed by atoms with van der Waals surface area (Å²) in [7, 11) is 1.91. The molecule has 2 aromatic rings. The van der Waals surface area contributed by atoms with E-state index in [2.05, 4.69) is 10.00 Å². The average molecular weight is 422 g/mol. The van der Waals surface area contributed by atoms with Crippen molar-refractivity contribution >= 4 is 5.91 Å². The van der Waals surface area contributed by atoms with Crippen molar-refractivity contribution in [2.45, 2.75) is 45.8 Å². The number of halogens is 3. The molecule has 0 unspecified atom stereocenters. The van der Waals surface area contributed by atoms with Crippen LogP contribution in [0.4, 0.5) is 13.2 Å². The first-order chi connectivity index (χ1) is 14.1. The molecule has 1 amide bonds. The van der Waals surface area contributed by atoms with Crippen LogP contribution in [0.2, 0.25) is 0 Å². The monoisotopic (exact) mass is 422 g/mol. The number of benzene rings is 1. The van der Waals surface area contributed by atoms with Crippen LogP contribution >= 0.6 is 0 Å². The van der Waals surface area contributed by atoms with Gasteiger partial charge in [0.05, 0.1) is 11.3 Å². The Morgan fingerprint density at radius 3 is 2.37 bits per heavy atom. The number of hydrogen-bond donors (Lipinski definition) is 0. The first kappa shape index (κ1) is 22.3. The molecule has 0 spiro atoms. The number of carbonyl (C=O) groups excluding carboxylic acids is 1. The van der Waals surface area contributed by atoms with Gasteiger partial charge in [-0.2, -0.15) is 18.3 Å². The minimum absolute atomic E-state index is 0.147. The average Bonchev–Trinajstić information content (AvgIpc) is 2.85. The van der Waals surface area contributed by atoms with E-state index in [1.54, 1.807) is 0 Å². The molecule has 0 atom stereocenters. The smallest absolute Gasteiger partial charge is 0.341 e. The van der Waals surface area contributed by atoms with Gasteiger partial charge in [0.2, 0.25) is 5.91 Å². The Kier molecular flexibility index (Phi) is 6.85. The Hall–Kier alpha value is -2.35. The van der Waals surface area contributed by atoms with Crippen molar-refractivity contribution in [2.24, 2.45) is 7.05 Å². The third kappa shape index (κ3) is 5.41. The summed E-state index contributed by atoms with van der Waals surface area (Å²) in [5, 5.41) is 4.41. The largest absolute Gasteiger partial charge is 0.416 e. The third-order valence-electron chi connectivity index (χ3n) is 5.88. The van der Waals surface area contributed by atoms with Gasteiger partial charge in [-0.05, 0) is 49.9 Å². The summed E-state index contributed by atoms with van der Waals surface area (Å²) in [6.07, 6.45) is -2.30. The van der Waals surface area contributed by atoms with Crippen LogP contribution in [0.15, 0.2) is 24.3 Å². The van der Waals surface area contributed by atoms with Gasteiger partial charge in [-0.15, -0.1) is 0 Å². The highest BCUT2D eigenvalue weighted by atomic mass is 19.4. The molecule has 2 heterocycles. The molecule has 164 valence electrons. The number of amides is 1. The van der Waals surface area contributed by atoms with Crippen molar-refractivity contribution in [3.63, 3.8) is 0 Å². The van der Waals surface area contributed by atoms with Crippen LogP contribution in [0, 0.1) is 13.8 Å². The van der Waals surface area contributed by atoms with Crippen LogP contribution in [0.25, 0.3) is 0 Å². The fourth-order valence-electron chi connectivity index (χ4n) is 4.01.